The van der Waals surface area contributed by atoms with Gasteiger partial charge in [0.1, 0.15) is 0 Å². The number of rotatable bonds is 2. The van der Waals surface area contributed by atoms with Crippen molar-refractivity contribution < 1.29 is 0 Å². The molecular weight excluding hydrogens is 264 g/mol. The van der Waals surface area contributed by atoms with E-state index in [1.807, 2.05) is 41.5 Å². The van der Waals surface area contributed by atoms with E-state index in [0.29, 0.717) is 0 Å². The topological polar surface area (TPSA) is 0 Å². The Bertz CT molecular complexity index is 408. The summed E-state index contributed by atoms with van der Waals surface area (Å²) in [6.45, 7) is 16.3. The molecule has 0 nitrogen and oxygen atoms in total. The molecule has 0 unspecified atom stereocenters. The van der Waals surface area contributed by atoms with Gasteiger partial charge in [-0.25, -0.2) is 0 Å². The standard InChI is InChI=1S/C15H18.3C2H6.CH4/c1-3-4-7-13-10-11-14-8-5-6-9-15(14)12(13)2;3*1-2;/h3-5,8,10-11H,6-7,9H2,1-2H3;3*1-2H3;1H4. The molecule has 0 spiro atoms. The van der Waals surface area contributed by atoms with Crippen LogP contribution in [0.2, 0.25) is 0 Å². The molecule has 0 saturated carbocycles. The molecule has 0 aromatic heterocycles. The van der Waals surface area contributed by atoms with Crippen LogP contribution in [0.5, 0.6) is 0 Å². The van der Waals surface area contributed by atoms with Gasteiger partial charge in [0, 0.05) is 0 Å². The predicted octanol–water partition coefficient (Wildman–Crippen LogP) is 7.79. The van der Waals surface area contributed by atoms with Crippen molar-refractivity contribution in [3.63, 3.8) is 0 Å². The highest BCUT2D eigenvalue weighted by molar-refractivity contribution is 5.59. The highest BCUT2D eigenvalue weighted by atomic mass is 14.1. The summed E-state index contributed by atoms with van der Waals surface area (Å²) in [5.41, 5.74) is 5.94. The first kappa shape index (κ1) is 25.6. The van der Waals surface area contributed by atoms with Gasteiger partial charge >= 0.3 is 0 Å². The molecule has 0 heterocycles. The summed E-state index contributed by atoms with van der Waals surface area (Å²) < 4.78 is 0. The van der Waals surface area contributed by atoms with Crippen LogP contribution in [0.4, 0.5) is 0 Å². The Morgan fingerprint density at radius 2 is 1.59 bits per heavy atom. The van der Waals surface area contributed by atoms with Crippen molar-refractivity contribution in [3.8, 4) is 0 Å². The Balaban J connectivity index is -0.000000463. The zero-order chi connectivity index (χ0) is 16.7. The van der Waals surface area contributed by atoms with Gasteiger partial charge < -0.3 is 0 Å². The number of fused-ring (bicyclic) bond motifs is 1. The van der Waals surface area contributed by atoms with Gasteiger partial charge in [-0.15, -0.1) is 0 Å². The Labute approximate surface area is 141 Å². The molecule has 2 rings (SSSR count). The zero-order valence-corrected chi connectivity index (χ0v) is 15.6. The number of allylic oxidation sites excluding steroid dienone is 3. The van der Waals surface area contributed by atoms with Gasteiger partial charge in [0.05, 0.1) is 0 Å². The molecule has 1 aliphatic carbocycles. The Hall–Kier alpha value is -1.30. The molecule has 0 saturated heterocycles. The molecular formula is C22H40. The molecule has 22 heavy (non-hydrogen) atoms. The zero-order valence-electron chi connectivity index (χ0n) is 15.6. The van der Waals surface area contributed by atoms with Crippen LogP contribution in [-0.4, -0.2) is 0 Å². The summed E-state index contributed by atoms with van der Waals surface area (Å²) in [5.74, 6) is 0. The summed E-state index contributed by atoms with van der Waals surface area (Å²) >= 11 is 0. The van der Waals surface area contributed by atoms with Gasteiger partial charge in [0.15, 0.2) is 0 Å². The number of hydrogen-bond donors (Lipinski definition) is 0. The minimum absolute atomic E-state index is 0. The molecule has 0 radical (unpaired) electrons. The first-order valence-corrected chi connectivity index (χ1v) is 8.72. The Kier molecular flexibility index (Phi) is 20.7. The van der Waals surface area contributed by atoms with Crippen molar-refractivity contribution in [2.45, 2.75) is 82.1 Å². The quantitative estimate of drug-likeness (QED) is 0.489. The molecule has 0 aliphatic heterocycles. The van der Waals surface area contributed by atoms with E-state index in [2.05, 4.69) is 50.3 Å². The third kappa shape index (κ3) is 8.22. The second-order valence-electron chi connectivity index (χ2n) is 4.13. The third-order valence-electron chi connectivity index (χ3n) is 3.18. The monoisotopic (exact) mass is 304 g/mol. The molecule has 0 heteroatoms. The van der Waals surface area contributed by atoms with Crippen molar-refractivity contribution in [2.75, 3.05) is 0 Å². The highest BCUT2D eigenvalue weighted by Crippen LogP contribution is 2.25. The maximum absolute atomic E-state index is 2.27. The maximum Gasteiger partial charge on any atom is -0.00948 e. The first-order chi connectivity index (χ1) is 10.3. The molecule has 1 aliphatic rings. The normalized spacial score (nSPS) is 10.7. The predicted molar refractivity (Wildman–Crippen MR) is 108 cm³/mol. The van der Waals surface area contributed by atoms with E-state index in [4.69, 9.17) is 0 Å². The summed E-state index contributed by atoms with van der Waals surface area (Å²) in [6, 6.07) is 4.53. The van der Waals surface area contributed by atoms with Crippen LogP contribution >= 0.6 is 0 Å². The fourth-order valence-electron chi connectivity index (χ4n) is 2.22. The fraction of sp³-hybridized carbons (Fsp3) is 0.545. The largest absolute Gasteiger partial charge is 0.0913 e. The van der Waals surface area contributed by atoms with Gasteiger partial charge in [0.2, 0.25) is 0 Å². The second kappa shape index (κ2) is 17.8. The van der Waals surface area contributed by atoms with E-state index in [9.17, 15) is 0 Å². The van der Waals surface area contributed by atoms with Crippen LogP contribution in [0.15, 0.2) is 30.4 Å². The van der Waals surface area contributed by atoms with E-state index in [-0.39, 0.29) is 7.43 Å². The average molecular weight is 305 g/mol. The van der Waals surface area contributed by atoms with E-state index in [1.54, 1.807) is 5.56 Å². The van der Waals surface area contributed by atoms with E-state index in [0.717, 1.165) is 6.42 Å². The van der Waals surface area contributed by atoms with Crippen LogP contribution in [0.1, 0.15) is 84.6 Å². The fourth-order valence-corrected chi connectivity index (χ4v) is 2.22. The Morgan fingerprint density at radius 1 is 1.00 bits per heavy atom. The summed E-state index contributed by atoms with van der Waals surface area (Å²) in [6.07, 6.45) is 12.4. The second-order valence-corrected chi connectivity index (χ2v) is 4.13. The number of benzene rings is 1. The minimum atomic E-state index is 0. The van der Waals surface area contributed by atoms with Crippen LogP contribution in [0.25, 0.3) is 6.08 Å². The highest BCUT2D eigenvalue weighted by Gasteiger charge is 2.09. The van der Waals surface area contributed by atoms with Gasteiger partial charge in [-0.05, 0) is 55.4 Å². The van der Waals surface area contributed by atoms with Crippen molar-refractivity contribution >= 4 is 6.08 Å². The maximum atomic E-state index is 2.27. The minimum Gasteiger partial charge on any atom is -0.0913 e. The van der Waals surface area contributed by atoms with E-state index >= 15 is 0 Å². The molecule has 1 aromatic rings. The molecule has 0 fully saturated rings. The van der Waals surface area contributed by atoms with Crippen molar-refractivity contribution in [2.24, 2.45) is 0 Å². The van der Waals surface area contributed by atoms with Crippen molar-refractivity contribution in [3.05, 3.63) is 52.6 Å². The molecule has 0 atom stereocenters. The average Bonchev–Trinajstić information content (AvgIpc) is 2.60. The smallest absolute Gasteiger partial charge is 0.00948 e. The molecule has 0 amide bonds. The van der Waals surface area contributed by atoms with Crippen LogP contribution in [0, 0.1) is 6.92 Å². The lowest BCUT2D eigenvalue weighted by Gasteiger charge is -2.16. The van der Waals surface area contributed by atoms with E-state index < -0.39 is 0 Å². The molecule has 1 aromatic carbocycles. The van der Waals surface area contributed by atoms with Crippen LogP contribution in [0.3, 0.4) is 0 Å². The van der Waals surface area contributed by atoms with Crippen LogP contribution in [-0.2, 0) is 12.8 Å². The Morgan fingerprint density at radius 3 is 2.14 bits per heavy atom. The molecule has 0 N–H and O–H groups in total. The van der Waals surface area contributed by atoms with Crippen LogP contribution < -0.4 is 0 Å². The van der Waals surface area contributed by atoms with Crippen molar-refractivity contribution in [1.29, 1.82) is 0 Å². The number of hydrogen-bond acceptors (Lipinski definition) is 0. The third-order valence-corrected chi connectivity index (χ3v) is 3.18. The lowest BCUT2D eigenvalue weighted by Crippen LogP contribution is -2.00. The SMILES string of the molecule is C.CC.CC.CC.CC=CCc1ccc2c(c1C)CCC=C2. The molecule has 128 valence electrons. The summed E-state index contributed by atoms with van der Waals surface area (Å²) in [4.78, 5) is 0. The molecule has 0 bridgehead atoms. The first-order valence-electron chi connectivity index (χ1n) is 8.72. The lowest BCUT2D eigenvalue weighted by atomic mass is 9.89. The van der Waals surface area contributed by atoms with E-state index in [1.165, 1.54) is 29.5 Å². The van der Waals surface area contributed by atoms with Gasteiger partial charge in [-0.2, -0.15) is 0 Å². The van der Waals surface area contributed by atoms with Gasteiger partial charge in [-0.3, -0.25) is 0 Å². The van der Waals surface area contributed by atoms with Gasteiger partial charge in [0.25, 0.3) is 0 Å². The van der Waals surface area contributed by atoms with Crippen molar-refractivity contribution in [1.82, 2.24) is 0 Å². The van der Waals surface area contributed by atoms with Gasteiger partial charge in [-0.1, -0.05) is 85.4 Å². The summed E-state index contributed by atoms with van der Waals surface area (Å²) in [7, 11) is 0. The lowest BCUT2D eigenvalue weighted by molar-refractivity contribution is 0.961. The summed E-state index contributed by atoms with van der Waals surface area (Å²) in [5, 5.41) is 0.